The summed E-state index contributed by atoms with van der Waals surface area (Å²) in [6.07, 6.45) is 17.0. The van der Waals surface area contributed by atoms with Crippen LogP contribution < -0.4 is 0 Å². The van der Waals surface area contributed by atoms with E-state index in [1.165, 1.54) is 64.2 Å². The van der Waals surface area contributed by atoms with E-state index in [1.807, 2.05) is 13.8 Å². The highest BCUT2D eigenvalue weighted by Crippen LogP contribution is 2.47. The Hall–Kier alpha value is -0.860. The minimum Gasteiger partial charge on any atom is -0.465 e. The fourth-order valence-corrected chi connectivity index (χ4v) is 6.60. The molecule has 1 unspecified atom stereocenters. The minimum atomic E-state index is -0.889. The molecule has 0 amide bonds. The average molecular weight is 405 g/mol. The van der Waals surface area contributed by atoms with Gasteiger partial charge in [0.25, 0.3) is 0 Å². The second-order valence-corrected chi connectivity index (χ2v) is 10.6. The third kappa shape index (κ3) is 5.44. The second kappa shape index (κ2) is 10.4. The summed E-state index contributed by atoms with van der Waals surface area (Å²) in [6.45, 7) is 6.55. The smallest absolute Gasteiger partial charge is 0.319 e. The lowest BCUT2D eigenvalue weighted by molar-refractivity contribution is -0.162. The van der Waals surface area contributed by atoms with Crippen molar-refractivity contribution in [2.75, 3.05) is 6.61 Å². The van der Waals surface area contributed by atoms with Crippen LogP contribution in [0.1, 0.15) is 111 Å². The lowest BCUT2D eigenvalue weighted by Gasteiger charge is -2.42. The van der Waals surface area contributed by atoms with Crippen molar-refractivity contribution in [3.8, 4) is 0 Å². The molecule has 0 aliphatic heterocycles. The van der Waals surface area contributed by atoms with E-state index < -0.39 is 5.41 Å². The molecule has 0 radical (unpaired) electrons. The molecule has 29 heavy (non-hydrogen) atoms. The van der Waals surface area contributed by atoms with Crippen molar-refractivity contribution in [2.24, 2.45) is 35.0 Å². The van der Waals surface area contributed by atoms with Crippen molar-refractivity contribution < 1.29 is 14.3 Å². The molecule has 0 aromatic rings. The molecule has 3 aliphatic carbocycles. The molecule has 3 heteroatoms. The van der Waals surface area contributed by atoms with Crippen LogP contribution in [-0.4, -0.2) is 18.4 Å². The molecule has 3 nitrogen and oxygen atoms in total. The van der Waals surface area contributed by atoms with Crippen LogP contribution in [0.15, 0.2) is 0 Å². The molecule has 0 spiro atoms. The van der Waals surface area contributed by atoms with Crippen LogP contribution in [0.25, 0.3) is 0 Å². The van der Waals surface area contributed by atoms with E-state index in [-0.39, 0.29) is 11.8 Å². The van der Waals surface area contributed by atoms with E-state index in [2.05, 4.69) is 6.92 Å². The van der Waals surface area contributed by atoms with E-state index in [1.54, 1.807) is 0 Å². The fraction of sp³-hybridized carbons (Fsp3) is 0.923. The number of esters is 1. The molecule has 2 atom stereocenters. The Morgan fingerprint density at radius 1 is 0.862 bits per heavy atom. The minimum absolute atomic E-state index is 0.131. The number of carbonyl (C=O) groups excluding carboxylic acids is 2. The van der Waals surface area contributed by atoms with Crippen LogP contribution >= 0.6 is 0 Å². The summed E-state index contributed by atoms with van der Waals surface area (Å²) in [5.74, 6) is 3.94. The Morgan fingerprint density at radius 3 is 1.93 bits per heavy atom. The van der Waals surface area contributed by atoms with E-state index >= 15 is 0 Å². The summed E-state index contributed by atoms with van der Waals surface area (Å²) in [5.41, 5.74) is -0.889. The molecular formula is C26H44O3. The number of hydrogen-bond donors (Lipinski definition) is 0. The summed E-state index contributed by atoms with van der Waals surface area (Å²) in [5, 5.41) is 0. The molecule has 0 N–H and O–H groups in total. The zero-order valence-corrected chi connectivity index (χ0v) is 19.2. The first-order chi connectivity index (χ1) is 14.0. The SMILES string of the molecule is CCCOC(=O)[C@@]1(C)CCC(C2CCC([C@H]3CC[C@H](CCC)CC3)CC2)CC1=O. The molecule has 3 aliphatic rings. The average Bonchev–Trinajstić information content (AvgIpc) is 2.75. The van der Waals surface area contributed by atoms with Gasteiger partial charge in [-0.3, -0.25) is 9.59 Å². The summed E-state index contributed by atoms with van der Waals surface area (Å²) in [6, 6.07) is 0. The van der Waals surface area contributed by atoms with Gasteiger partial charge in [0.05, 0.1) is 6.61 Å². The first-order valence-corrected chi connectivity index (χ1v) is 12.7. The maximum Gasteiger partial charge on any atom is 0.319 e. The fourth-order valence-electron chi connectivity index (χ4n) is 6.60. The largest absolute Gasteiger partial charge is 0.465 e. The standard InChI is InChI=1S/C26H44O3/c1-4-6-19-7-9-20(10-8-19)21-11-13-22(14-12-21)23-15-16-26(3,24(27)18-23)25(28)29-17-5-2/h19-23H,4-18H2,1-3H3/t19-,20-,21?,22?,23?,26-/m0/s1. The number of rotatable bonds is 7. The van der Waals surface area contributed by atoms with Crippen molar-refractivity contribution in [3.05, 3.63) is 0 Å². The molecule has 0 aromatic heterocycles. The van der Waals surface area contributed by atoms with Gasteiger partial charge in [0.15, 0.2) is 0 Å². The molecule has 3 fully saturated rings. The zero-order chi connectivity index (χ0) is 20.9. The van der Waals surface area contributed by atoms with Gasteiger partial charge in [0.2, 0.25) is 0 Å². The first kappa shape index (κ1) is 22.8. The topological polar surface area (TPSA) is 43.4 Å². The van der Waals surface area contributed by atoms with Crippen molar-refractivity contribution in [1.29, 1.82) is 0 Å². The normalized spacial score (nSPS) is 38.6. The molecule has 0 heterocycles. The predicted molar refractivity (Wildman–Crippen MR) is 118 cm³/mol. The van der Waals surface area contributed by atoms with E-state index in [0.29, 0.717) is 31.3 Å². The molecule has 0 aromatic carbocycles. The lowest BCUT2D eigenvalue weighted by atomic mass is 9.62. The Bertz CT molecular complexity index is 540. The summed E-state index contributed by atoms with van der Waals surface area (Å²) < 4.78 is 5.33. The highest BCUT2D eigenvalue weighted by Gasteiger charge is 2.47. The van der Waals surface area contributed by atoms with Gasteiger partial charge < -0.3 is 4.74 Å². The molecular weight excluding hydrogens is 360 g/mol. The summed E-state index contributed by atoms with van der Waals surface area (Å²) in [4.78, 5) is 25.3. The summed E-state index contributed by atoms with van der Waals surface area (Å²) >= 11 is 0. The second-order valence-electron chi connectivity index (χ2n) is 10.6. The Labute approximate surface area is 178 Å². The van der Waals surface area contributed by atoms with Crippen molar-refractivity contribution in [2.45, 2.75) is 111 Å². The number of carbonyl (C=O) groups is 2. The van der Waals surface area contributed by atoms with E-state index in [9.17, 15) is 9.59 Å². The van der Waals surface area contributed by atoms with E-state index in [4.69, 9.17) is 4.74 Å². The number of ketones is 1. The van der Waals surface area contributed by atoms with Gasteiger partial charge in [-0.05, 0) is 94.3 Å². The van der Waals surface area contributed by atoms with Gasteiger partial charge in [-0.15, -0.1) is 0 Å². The maximum absolute atomic E-state index is 12.9. The third-order valence-electron chi connectivity index (χ3n) is 8.70. The lowest BCUT2D eigenvalue weighted by Crippen LogP contribution is -2.44. The Morgan fingerprint density at radius 2 is 1.41 bits per heavy atom. The Kier molecular flexibility index (Phi) is 8.22. The maximum atomic E-state index is 12.9. The first-order valence-electron chi connectivity index (χ1n) is 12.7. The van der Waals surface area contributed by atoms with Crippen LogP contribution in [-0.2, 0) is 14.3 Å². The molecule has 3 saturated carbocycles. The summed E-state index contributed by atoms with van der Waals surface area (Å²) in [7, 11) is 0. The highest BCUT2D eigenvalue weighted by atomic mass is 16.5. The Balaban J connectivity index is 1.44. The molecule has 0 saturated heterocycles. The van der Waals surface area contributed by atoms with Gasteiger partial charge in [-0.2, -0.15) is 0 Å². The van der Waals surface area contributed by atoms with Crippen molar-refractivity contribution >= 4 is 11.8 Å². The molecule has 0 bridgehead atoms. The van der Waals surface area contributed by atoms with Crippen molar-refractivity contribution in [3.63, 3.8) is 0 Å². The molecule has 166 valence electrons. The van der Waals surface area contributed by atoms with Gasteiger partial charge >= 0.3 is 5.97 Å². The van der Waals surface area contributed by atoms with Crippen LogP contribution in [0.3, 0.4) is 0 Å². The quantitative estimate of drug-likeness (QED) is 0.349. The van der Waals surface area contributed by atoms with Crippen LogP contribution in [0.2, 0.25) is 0 Å². The number of hydrogen-bond acceptors (Lipinski definition) is 3. The van der Waals surface area contributed by atoms with Gasteiger partial charge in [0, 0.05) is 6.42 Å². The van der Waals surface area contributed by atoms with Crippen LogP contribution in [0.5, 0.6) is 0 Å². The highest BCUT2D eigenvalue weighted by molar-refractivity contribution is 6.03. The van der Waals surface area contributed by atoms with Gasteiger partial charge in [-0.1, -0.05) is 39.5 Å². The zero-order valence-electron chi connectivity index (χ0n) is 19.2. The van der Waals surface area contributed by atoms with Crippen LogP contribution in [0.4, 0.5) is 0 Å². The monoisotopic (exact) mass is 404 g/mol. The third-order valence-corrected chi connectivity index (χ3v) is 8.70. The predicted octanol–water partition coefficient (Wildman–Crippen LogP) is 6.73. The van der Waals surface area contributed by atoms with Gasteiger partial charge in [0.1, 0.15) is 11.2 Å². The number of Topliss-reactive ketones (excluding diaryl/α,β-unsaturated/α-hetero) is 1. The van der Waals surface area contributed by atoms with Gasteiger partial charge in [-0.25, -0.2) is 0 Å². The molecule has 3 rings (SSSR count). The van der Waals surface area contributed by atoms with Crippen LogP contribution in [0, 0.1) is 35.0 Å². The number of ether oxygens (including phenoxy) is 1. The van der Waals surface area contributed by atoms with Crippen molar-refractivity contribution in [1.82, 2.24) is 0 Å². The van der Waals surface area contributed by atoms with E-state index in [0.717, 1.165) is 30.6 Å².